The van der Waals surface area contributed by atoms with Gasteiger partial charge in [0, 0.05) is 22.7 Å². The van der Waals surface area contributed by atoms with Crippen LogP contribution >= 0.6 is 0 Å². The molecule has 0 aromatic heterocycles. The summed E-state index contributed by atoms with van der Waals surface area (Å²) < 4.78 is 41.9. The van der Waals surface area contributed by atoms with E-state index < -0.39 is 27.4 Å². The van der Waals surface area contributed by atoms with Gasteiger partial charge in [-0.15, -0.1) is 0 Å². The van der Waals surface area contributed by atoms with Crippen LogP contribution in [0, 0.1) is 16.7 Å². The van der Waals surface area contributed by atoms with Gasteiger partial charge in [-0.1, -0.05) is 13.8 Å². The van der Waals surface area contributed by atoms with Gasteiger partial charge in [-0.05, 0) is 48.4 Å². The van der Waals surface area contributed by atoms with Crippen molar-refractivity contribution in [1.29, 1.82) is 0 Å². The van der Waals surface area contributed by atoms with Gasteiger partial charge in [0.2, 0.25) is 0 Å². The minimum absolute atomic E-state index is 0.0248. The van der Waals surface area contributed by atoms with E-state index >= 15 is 0 Å². The van der Waals surface area contributed by atoms with E-state index in [1.54, 1.807) is 12.1 Å². The Balaban J connectivity index is 0.000000208. The second kappa shape index (κ2) is 8.65. The number of carbonyl (C=O) groups is 2. The summed E-state index contributed by atoms with van der Waals surface area (Å²) >= 11 is 0. The number of hydrogen-bond donors (Lipinski definition) is 0. The molecular formula is C20H28O7S2. The highest BCUT2D eigenvalue weighted by Crippen LogP contribution is 2.64. The smallest absolute Gasteiger partial charge is 0.513 e. The number of Topliss-reactive ketones (excluding diaryl/α,β-unsaturated/α-hetero) is 1. The molecule has 162 valence electrons. The van der Waals surface area contributed by atoms with Crippen LogP contribution in [0.2, 0.25) is 0 Å². The molecule has 0 radical (unpaired) electrons. The fourth-order valence-corrected chi connectivity index (χ4v) is 6.29. The van der Waals surface area contributed by atoms with Gasteiger partial charge in [0.15, 0.2) is 4.90 Å². The van der Waals surface area contributed by atoms with Crippen LogP contribution in [0.3, 0.4) is 0 Å². The molecule has 2 atom stereocenters. The largest absolute Gasteiger partial charge is 0.748 e. The van der Waals surface area contributed by atoms with Crippen molar-refractivity contribution in [3.05, 3.63) is 24.3 Å². The van der Waals surface area contributed by atoms with E-state index in [9.17, 15) is 22.6 Å². The molecule has 0 saturated heterocycles. The molecule has 29 heavy (non-hydrogen) atoms. The normalized spacial score (nSPS) is 24.8. The lowest BCUT2D eigenvalue weighted by molar-refractivity contribution is -0.128. The van der Waals surface area contributed by atoms with Crippen LogP contribution in [0.15, 0.2) is 29.2 Å². The number of ether oxygens (including phenoxy) is 2. The zero-order valence-corrected chi connectivity index (χ0v) is 19.0. The summed E-state index contributed by atoms with van der Waals surface area (Å²) in [6.07, 6.45) is 5.46. The summed E-state index contributed by atoms with van der Waals surface area (Å²) in [6, 6.07) is 7.42. The van der Waals surface area contributed by atoms with Crippen molar-refractivity contribution < 1.29 is 32.0 Å². The lowest BCUT2D eigenvalue weighted by Gasteiger charge is -2.37. The van der Waals surface area contributed by atoms with E-state index in [2.05, 4.69) is 17.2 Å². The number of methoxy groups -OCH3 is 1. The number of carbonyl (C=O) groups excluding carboxylic acids is 2. The standard InChI is InChI=1S/C10H16O4S.C10H13O3S/c1-9(2)7-3-4-10(9,8(11)5-7)6-15(12,13)14;1-12-10(11)13-8-4-6-9(7-5-8)14(2)3/h7H,3-6H2,1-2H3,(H,12,13,14);4-7H,1-3H3/q;+1/p-1. The molecule has 0 amide bonds. The summed E-state index contributed by atoms with van der Waals surface area (Å²) in [5.41, 5.74) is -1.22. The molecule has 0 aliphatic heterocycles. The van der Waals surface area contributed by atoms with E-state index in [-0.39, 0.29) is 28.0 Å². The monoisotopic (exact) mass is 444 g/mol. The average molecular weight is 445 g/mol. The predicted octanol–water partition coefficient (Wildman–Crippen LogP) is 3.00. The van der Waals surface area contributed by atoms with E-state index in [4.69, 9.17) is 4.74 Å². The van der Waals surface area contributed by atoms with Crippen molar-refractivity contribution in [2.75, 3.05) is 25.4 Å². The first-order chi connectivity index (χ1) is 13.3. The van der Waals surface area contributed by atoms with Gasteiger partial charge in [-0.2, -0.15) is 0 Å². The summed E-state index contributed by atoms with van der Waals surface area (Å²) in [5.74, 6) is 0.225. The minimum Gasteiger partial charge on any atom is -0.748 e. The summed E-state index contributed by atoms with van der Waals surface area (Å²) in [6.45, 7) is 3.83. The Bertz CT molecular complexity index is 859. The lowest BCUT2D eigenvalue weighted by atomic mass is 9.70. The van der Waals surface area contributed by atoms with Gasteiger partial charge >= 0.3 is 6.16 Å². The molecular weight excluding hydrogens is 416 g/mol. The molecule has 9 heteroatoms. The zero-order valence-electron chi connectivity index (χ0n) is 17.4. The van der Waals surface area contributed by atoms with Gasteiger partial charge in [0.25, 0.3) is 0 Å². The highest BCUT2D eigenvalue weighted by molar-refractivity contribution is 7.95. The van der Waals surface area contributed by atoms with Crippen LogP contribution in [-0.2, 0) is 30.5 Å². The topological polar surface area (TPSA) is 110 Å². The fourth-order valence-electron chi connectivity index (χ4n) is 4.33. The molecule has 2 unspecified atom stereocenters. The van der Waals surface area contributed by atoms with E-state index in [1.165, 1.54) is 12.0 Å². The molecule has 3 rings (SSSR count). The third kappa shape index (κ3) is 5.13. The van der Waals surface area contributed by atoms with Crippen LogP contribution in [0.25, 0.3) is 0 Å². The highest BCUT2D eigenvalue weighted by atomic mass is 32.2. The summed E-state index contributed by atoms with van der Waals surface area (Å²) in [7, 11) is -2.82. The number of ketones is 1. The molecule has 0 N–H and O–H groups in total. The first kappa shape index (κ1) is 23.7. The van der Waals surface area contributed by atoms with Crippen LogP contribution < -0.4 is 4.74 Å². The minimum atomic E-state index is -4.33. The van der Waals surface area contributed by atoms with E-state index in [1.807, 2.05) is 26.0 Å². The van der Waals surface area contributed by atoms with Crippen LogP contribution in [0.4, 0.5) is 4.79 Å². The predicted molar refractivity (Wildman–Crippen MR) is 110 cm³/mol. The fraction of sp³-hybridized carbons (Fsp3) is 0.600. The number of benzene rings is 1. The maximum absolute atomic E-state index is 11.8. The summed E-state index contributed by atoms with van der Waals surface area (Å²) in [5, 5.41) is 0. The molecule has 2 bridgehead atoms. The first-order valence-electron chi connectivity index (χ1n) is 9.23. The molecule has 2 aliphatic rings. The quantitative estimate of drug-likeness (QED) is 0.304. The van der Waals surface area contributed by atoms with E-state index in [0.717, 1.165) is 6.42 Å². The molecule has 1 aromatic carbocycles. The van der Waals surface area contributed by atoms with Crippen molar-refractivity contribution in [3.8, 4) is 5.75 Å². The second-order valence-corrected chi connectivity index (χ2v) is 11.7. The molecule has 7 nitrogen and oxygen atoms in total. The van der Waals surface area contributed by atoms with Crippen LogP contribution in [0.1, 0.15) is 33.1 Å². The molecule has 2 aliphatic carbocycles. The number of rotatable bonds is 4. The zero-order chi connectivity index (χ0) is 22.0. The SMILES string of the molecule is CC1(C)C2CCC1(CS(=O)(=O)[O-])C(=O)C2.COC(=O)Oc1ccc([S+](C)C)cc1. The van der Waals surface area contributed by atoms with Gasteiger partial charge in [-0.25, -0.2) is 13.2 Å². The van der Waals surface area contributed by atoms with Crippen LogP contribution in [-0.4, -0.2) is 50.3 Å². The van der Waals surface area contributed by atoms with Crippen LogP contribution in [0.5, 0.6) is 5.75 Å². The first-order valence-corrected chi connectivity index (χ1v) is 12.8. The van der Waals surface area contributed by atoms with Gasteiger partial charge in [-0.3, -0.25) is 4.79 Å². The molecule has 1 aromatic rings. The van der Waals surface area contributed by atoms with Crippen molar-refractivity contribution in [2.24, 2.45) is 16.7 Å². The van der Waals surface area contributed by atoms with Gasteiger partial charge in [0.1, 0.15) is 24.0 Å². The van der Waals surface area contributed by atoms with Crippen molar-refractivity contribution >= 4 is 33.0 Å². The Morgan fingerprint density at radius 2 is 1.83 bits per heavy atom. The Labute approximate surface area is 175 Å². The summed E-state index contributed by atoms with van der Waals surface area (Å²) in [4.78, 5) is 23.8. The molecule has 2 fully saturated rings. The third-order valence-electron chi connectivity index (χ3n) is 6.23. The molecule has 0 heterocycles. The average Bonchev–Trinajstić information content (AvgIpc) is 2.95. The second-order valence-electron chi connectivity index (χ2n) is 8.21. The number of hydrogen-bond acceptors (Lipinski definition) is 7. The Hall–Kier alpha value is -1.58. The third-order valence-corrected chi connectivity index (χ3v) is 8.29. The molecule has 2 saturated carbocycles. The lowest BCUT2D eigenvalue weighted by Crippen LogP contribution is -2.42. The Morgan fingerprint density at radius 1 is 1.24 bits per heavy atom. The van der Waals surface area contributed by atoms with Crippen molar-refractivity contribution in [2.45, 2.75) is 38.0 Å². The number of fused-ring (bicyclic) bond motifs is 2. The van der Waals surface area contributed by atoms with E-state index in [0.29, 0.717) is 18.6 Å². The van der Waals surface area contributed by atoms with Gasteiger partial charge in [0.05, 0.1) is 23.0 Å². The highest BCUT2D eigenvalue weighted by Gasteiger charge is 2.64. The van der Waals surface area contributed by atoms with Gasteiger partial charge < -0.3 is 14.0 Å². The molecule has 0 spiro atoms. The maximum Gasteiger partial charge on any atom is 0.513 e. The maximum atomic E-state index is 11.8. The Morgan fingerprint density at radius 3 is 2.21 bits per heavy atom. The van der Waals surface area contributed by atoms with Crippen molar-refractivity contribution in [3.63, 3.8) is 0 Å². The van der Waals surface area contributed by atoms with Crippen molar-refractivity contribution in [1.82, 2.24) is 0 Å². The Kier molecular flexibility index (Phi) is 7.07.